The molecule has 0 saturated carbocycles. The number of amides is 1. The molecule has 3 nitrogen and oxygen atoms in total. The Morgan fingerprint density at radius 3 is 2.50 bits per heavy atom. The van der Waals surface area contributed by atoms with Crippen molar-refractivity contribution in [1.82, 2.24) is 5.32 Å². The van der Waals surface area contributed by atoms with Crippen LogP contribution < -0.4 is 11.1 Å². The number of nitrogens with one attached hydrogen (secondary N) is 1. The predicted molar refractivity (Wildman–Crippen MR) is 82.5 cm³/mol. The van der Waals surface area contributed by atoms with Crippen molar-refractivity contribution in [2.45, 2.75) is 19.8 Å². The van der Waals surface area contributed by atoms with Gasteiger partial charge in [0.2, 0.25) is 5.91 Å². The molecule has 1 amide bonds. The summed E-state index contributed by atoms with van der Waals surface area (Å²) < 4.78 is 0. The summed E-state index contributed by atoms with van der Waals surface area (Å²) in [5, 5.41) is 2.95. The minimum absolute atomic E-state index is 0.0448. The summed E-state index contributed by atoms with van der Waals surface area (Å²) in [7, 11) is 0. The van der Waals surface area contributed by atoms with Crippen LogP contribution in [0.4, 0.5) is 5.69 Å². The highest BCUT2D eigenvalue weighted by Gasteiger charge is 2.03. The Bertz CT molecular complexity index is 576. The minimum Gasteiger partial charge on any atom is -0.399 e. The van der Waals surface area contributed by atoms with Crippen molar-refractivity contribution in [3.63, 3.8) is 0 Å². The third-order valence-corrected chi connectivity index (χ3v) is 3.32. The van der Waals surface area contributed by atoms with Crippen molar-refractivity contribution in [1.29, 1.82) is 0 Å². The van der Waals surface area contributed by atoms with Crippen LogP contribution in [0.15, 0.2) is 48.5 Å². The standard InChI is InChI=1S/C17H20N2O/c1-13-4-2-3-5-15(13)10-11-19-17(20)12-14-6-8-16(18)9-7-14/h2-9H,10-12,18H2,1H3,(H,19,20). The van der Waals surface area contributed by atoms with E-state index in [9.17, 15) is 4.79 Å². The summed E-state index contributed by atoms with van der Waals surface area (Å²) in [6, 6.07) is 15.6. The average molecular weight is 268 g/mol. The van der Waals surface area contributed by atoms with Crippen LogP contribution in [-0.2, 0) is 17.6 Å². The first kappa shape index (κ1) is 14.1. The highest BCUT2D eigenvalue weighted by Crippen LogP contribution is 2.08. The molecule has 0 heterocycles. The van der Waals surface area contributed by atoms with Crippen molar-refractivity contribution in [2.24, 2.45) is 0 Å². The summed E-state index contributed by atoms with van der Waals surface area (Å²) in [5.41, 5.74) is 9.85. The van der Waals surface area contributed by atoms with Gasteiger partial charge < -0.3 is 11.1 Å². The molecule has 2 rings (SSSR count). The van der Waals surface area contributed by atoms with Crippen molar-refractivity contribution in [3.8, 4) is 0 Å². The molecule has 0 aliphatic heterocycles. The van der Waals surface area contributed by atoms with E-state index in [1.165, 1.54) is 11.1 Å². The summed E-state index contributed by atoms with van der Waals surface area (Å²) in [4.78, 5) is 11.8. The maximum absolute atomic E-state index is 11.8. The fourth-order valence-corrected chi connectivity index (χ4v) is 2.11. The lowest BCUT2D eigenvalue weighted by atomic mass is 10.1. The van der Waals surface area contributed by atoms with Gasteiger partial charge in [0.25, 0.3) is 0 Å². The molecule has 0 spiro atoms. The molecule has 0 aromatic heterocycles. The van der Waals surface area contributed by atoms with Crippen molar-refractivity contribution in [2.75, 3.05) is 12.3 Å². The van der Waals surface area contributed by atoms with Gasteiger partial charge in [-0.3, -0.25) is 4.79 Å². The number of hydrogen-bond acceptors (Lipinski definition) is 2. The summed E-state index contributed by atoms with van der Waals surface area (Å²) >= 11 is 0. The van der Waals surface area contributed by atoms with E-state index in [0.717, 1.165) is 12.0 Å². The normalized spacial score (nSPS) is 10.2. The number of anilines is 1. The van der Waals surface area contributed by atoms with Gasteiger partial charge in [-0.2, -0.15) is 0 Å². The Kier molecular flexibility index (Phi) is 4.77. The van der Waals surface area contributed by atoms with Gasteiger partial charge in [0.15, 0.2) is 0 Å². The number of aryl methyl sites for hydroxylation is 1. The highest BCUT2D eigenvalue weighted by molar-refractivity contribution is 5.78. The minimum atomic E-state index is 0.0448. The molecule has 2 aromatic rings. The SMILES string of the molecule is Cc1ccccc1CCNC(=O)Cc1ccc(N)cc1. The summed E-state index contributed by atoms with van der Waals surface area (Å²) in [5.74, 6) is 0.0448. The number of benzene rings is 2. The number of carbonyl (C=O) groups excluding carboxylic acids is 1. The Balaban J connectivity index is 1.78. The number of rotatable bonds is 5. The quantitative estimate of drug-likeness (QED) is 0.819. The largest absolute Gasteiger partial charge is 0.399 e. The second-order valence-corrected chi connectivity index (χ2v) is 4.94. The molecule has 0 aliphatic carbocycles. The highest BCUT2D eigenvalue weighted by atomic mass is 16.1. The molecular formula is C17H20N2O. The fourth-order valence-electron chi connectivity index (χ4n) is 2.11. The molecule has 0 saturated heterocycles. The number of carbonyl (C=O) groups is 1. The molecule has 3 N–H and O–H groups in total. The molecule has 0 bridgehead atoms. The second-order valence-electron chi connectivity index (χ2n) is 4.94. The number of hydrogen-bond donors (Lipinski definition) is 2. The molecule has 0 radical (unpaired) electrons. The zero-order valence-electron chi connectivity index (χ0n) is 11.7. The third-order valence-electron chi connectivity index (χ3n) is 3.32. The first-order valence-corrected chi connectivity index (χ1v) is 6.81. The van der Waals surface area contributed by atoms with Gasteiger partial charge in [-0.05, 0) is 42.2 Å². The van der Waals surface area contributed by atoms with Gasteiger partial charge in [-0.15, -0.1) is 0 Å². The van der Waals surface area contributed by atoms with E-state index in [1.54, 1.807) is 0 Å². The number of nitrogens with two attached hydrogens (primary N) is 1. The van der Waals surface area contributed by atoms with E-state index >= 15 is 0 Å². The zero-order chi connectivity index (χ0) is 14.4. The molecule has 0 aliphatic rings. The van der Waals surface area contributed by atoms with Crippen LogP contribution in [-0.4, -0.2) is 12.5 Å². The van der Waals surface area contributed by atoms with Crippen LogP contribution in [0.5, 0.6) is 0 Å². The zero-order valence-corrected chi connectivity index (χ0v) is 11.7. The van der Waals surface area contributed by atoms with Gasteiger partial charge in [0.1, 0.15) is 0 Å². The lowest BCUT2D eigenvalue weighted by Gasteiger charge is -2.07. The molecule has 20 heavy (non-hydrogen) atoms. The lowest BCUT2D eigenvalue weighted by molar-refractivity contribution is -0.120. The second kappa shape index (κ2) is 6.75. The topological polar surface area (TPSA) is 55.1 Å². The van der Waals surface area contributed by atoms with Crippen LogP contribution >= 0.6 is 0 Å². The molecule has 0 unspecified atom stereocenters. The van der Waals surface area contributed by atoms with E-state index < -0.39 is 0 Å². The smallest absolute Gasteiger partial charge is 0.224 e. The maximum atomic E-state index is 11.8. The lowest BCUT2D eigenvalue weighted by Crippen LogP contribution is -2.27. The van der Waals surface area contributed by atoms with Gasteiger partial charge in [0, 0.05) is 12.2 Å². The van der Waals surface area contributed by atoms with E-state index in [4.69, 9.17) is 5.73 Å². The van der Waals surface area contributed by atoms with Crippen molar-refractivity contribution in [3.05, 3.63) is 65.2 Å². The maximum Gasteiger partial charge on any atom is 0.224 e. The number of nitrogen functional groups attached to an aromatic ring is 1. The predicted octanol–water partition coefficient (Wildman–Crippen LogP) is 2.48. The van der Waals surface area contributed by atoms with Crippen LogP contribution in [0.2, 0.25) is 0 Å². The monoisotopic (exact) mass is 268 g/mol. The molecular weight excluding hydrogens is 248 g/mol. The van der Waals surface area contributed by atoms with Gasteiger partial charge in [0.05, 0.1) is 6.42 Å². The summed E-state index contributed by atoms with van der Waals surface area (Å²) in [6.07, 6.45) is 1.26. The Labute approximate surface area is 119 Å². The first-order valence-electron chi connectivity index (χ1n) is 6.81. The van der Waals surface area contributed by atoms with Crippen LogP contribution in [0, 0.1) is 6.92 Å². The molecule has 2 aromatic carbocycles. The molecule has 0 atom stereocenters. The van der Waals surface area contributed by atoms with Crippen LogP contribution in [0.25, 0.3) is 0 Å². The van der Waals surface area contributed by atoms with Crippen molar-refractivity contribution >= 4 is 11.6 Å². The van der Waals surface area contributed by atoms with E-state index in [1.807, 2.05) is 36.4 Å². The van der Waals surface area contributed by atoms with E-state index in [0.29, 0.717) is 18.7 Å². The Hall–Kier alpha value is -2.29. The summed E-state index contributed by atoms with van der Waals surface area (Å²) in [6.45, 7) is 2.75. The van der Waals surface area contributed by atoms with Crippen LogP contribution in [0.1, 0.15) is 16.7 Å². The van der Waals surface area contributed by atoms with E-state index in [-0.39, 0.29) is 5.91 Å². The van der Waals surface area contributed by atoms with Crippen molar-refractivity contribution < 1.29 is 4.79 Å². The van der Waals surface area contributed by atoms with Gasteiger partial charge >= 0.3 is 0 Å². The average Bonchev–Trinajstić information content (AvgIpc) is 2.43. The van der Waals surface area contributed by atoms with Crippen LogP contribution in [0.3, 0.4) is 0 Å². The van der Waals surface area contributed by atoms with Gasteiger partial charge in [-0.1, -0.05) is 36.4 Å². The van der Waals surface area contributed by atoms with Gasteiger partial charge in [-0.25, -0.2) is 0 Å². The Morgan fingerprint density at radius 1 is 1.10 bits per heavy atom. The third kappa shape index (κ3) is 4.12. The first-order chi connectivity index (χ1) is 9.65. The molecule has 104 valence electrons. The molecule has 3 heteroatoms. The fraction of sp³-hybridized carbons (Fsp3) is 0.235. The molecule has 0 fully saturated rings. The van der Waals surface area contributed by atoms with E-state index in [2.05, 4.69) is 24.4 Å². The Morgan fingerprint density at radius 2 is 1.80 bits per heavy atom.